The first-order valence-electron chi connectivity index (χ1n) is 15.8. The number of nitrogens with one attached hydrogen (secondary N) is 1. The summed E-state index contributed by atoms with van der Waals surface area (Å²) in [6, 6.07) is 32.1. The fraction of sp³-hybridized carbons (Fsp3) is 0.297. The third kappa shape index (κ3) is 9.92. The minimum Gasteiger partial charge on any atom is -0.457 e. The number of para-hydroxylation sites is 1. The number of anilines is 1. The minimum atomic E-state index is -3.89. The highest BCUT2D eigenvalue weighted by Crippen LogP contribution is 2.27. The molecule has 0 bridgehead atoms. The fourth-order valence-electron chi connectivity index (χ4n) is 5.85. The van der Waals surface area contributed by atoms with Crippen molar-refractivity contribution in [3.8, 4) is 11.5 Å². The number of nitrogens with zero attached hydrogens (tertiary/aromatic N) is 2. The second-order valence-electron chi connectivity index (χ2n) is 11.9. The van der Waals surface area contributed by atoms with Crippen molar-refractivity contribution in [1.82, 2.24) is 10.2 Å². The quantitative estimate of drug-likeness (QED) is 0.159. The van der Waals surface area contributed by atoms with Gasteiger partial charge in [0.15, 0.2) is 0 Å². The van der Waals surface area contributed by atoms with Gasteiger partial charge in [0.25, 0.3) is 0 Å². The van der Waals surface area contributed by atoms with Gasteiger partial charge in [0, 0.05) is 23.5 Å². The lowest BCUT2D eigenvalue weighted by molar-refractivity contribution is -0.140. The molecule has 4 aromatic rings. The molecule has 4 aromatic carbocycles. The van der Waals surface area contributed by atoms with Gasteiger partial charge >= 0.3 is 0 Å². The summed E-state index contributed by atoms with van der Waals surface area (Å²) in [5, 5.41) is 3.23. The van der Waals surface area contributed by atoms with Crippen LogP contribution in [0.5, 0.6) is 11.5 Å². The van der Waals surface area contributed by atoms with Crippen LogP contribution in [0.25, 0.3) is 0 Å². The number of halogens is 1. The number of ether oxygens (including phenoxy) is 1. The first-order chi connectivity index (χ1) is 22.7. The van der Waals surface area contributed by atoms with Crippen molar-refractivity contribution in [3.63, 3.8) is 0 Å². The van der Waals surface area contributed by atoms with Crippen molar-refractivity contribution in [2.45, 2.75) is 57.2 Å². The maximum atomic E-state index is 14.4. The molecule has 0 heterocycles. The Morgan fingerprint density at radius 3 is 2.09 bits per heavy atom. The number of sulfonamides is 1. The van der Waals surface area contributed by atoms with E-state index in [2.05, 4.69) is 21.2 Å². The van der Waals surface area contributed by atoms with Crippen LogP contribution in [-0.2, 0) is 32.6 Å². The van der Waals surface area contributed by atoms with Crippen molar-refractivity contribution < 1.29 is 22.7 Å². The Bertz CT molecular complexity index is 1730. The third-order valence-corrected chi connectivity index (χ3v) is 9.88. The molecule has 0 spiro atoms. The molecule has 0 saturated heterocycles. The molecule has 8 nitrogen and oxygen atoms in total. The molecule has 1 aliphatic carbocycles. The van der Waals surface area contributed by atoms with Gasteiger partial charge < -0.3 is 15.0 Å². The first-order valence-corrected chi connectivity index (χ1v) is 18.5. The van der Waals surface area contributed by atoms with Crippen LogP contribution in [0.3, 0.4) is 0 Å². The van der Waals surface area contributed by atoms with Gasteiger partial charge in [-0.2, -0.15) is 0 Å². The summed E-state index contributed by atoms with van der Waals surface area (Å²) in [5.74, 6) is 0.449. The lowest BCUT2D eigenvalue weighted by atomic mass is 9.94. The molecule has 0 radical (unpaired) electrons. The van der Waals surface area contributed by atoms with Crippen molar-refractivity contribution in [2.24, 2.45) is 0 Å². The van der Waals surface area contributed by atoms with E-state index in [1.165, 1.54) is 4.90 Å². The summed E-state index contributed by atoms with van der Waals surface area (Å²) in [6.07, 6.45) is 6.40. The number of carbonyl (C=O) groups is 2. The van der Waals surface area contributed by atoms with E-state index in [0.29, 0.717) is 17.2 Å². The smallest absolute Gasteiger partial charge is 0.244 e. The molecule has 1 fully saturated rings. The molecular formula is C37H40BrN3O5S. The van der Waals surface area contributed by atoms with E-state index in [-0.39, 0.29) is 24.9 Å². The topological polar surface area (TPSA) is 96.0 Å². The highest BCUT2D eigenvalue weighted by molar-refractivity contribution is 9.10. The number of hydrogen-bond donors (Lipinski definition) is 1. The molecular weight excluding hydrogens is 678 g/mol. The van der Waals surface area contributed by atoms with Crippen LogP contribution in [0.2, 0.25) is 0 Å². The fourth-order valence-corrected chi connectivity index (χ4v) is 7.15. The molecule has 0 aromatic heterocycles. The second kappa shape index (κ2) is 16.1. The zero-order valence-corrected chi connectivity index (χ0v) is 28.8. The van der Waals surface area contributed by atoms with Gasteiger partial charge in [-0.15, -0.1) is 0 Å². The van der Waals surface area contributed by atoms with E-state index in [1.54, 1.807) is 24.3 Å². The van der Waals surface area contributed by atoms with Crippen LogP contribution < -0.4 is 14.4 Å². The Labute approximate surface area is 285 Å². The average Bonchev–Trinajstić information content (AvgIpc) is 3.06. The molecule has 1 aliphatic rings. The minimum absolute atomic E-state index is 0.0430. The van der Waals surface area contributed by atoms with Crippen LogP contribution in [-0.4, -0.2) is 50.0 Å². The summed E-state index contributed by atoms with van der Waals surface area (Å²) in [6.45, 7) is -0.358. The van der Waals surface area contributed by atoms with E-state index in [0.717, 1.165) is 58.3 Å². The molecule has 1 unspecified atom stereocenters. The summed E-state index contributed by atoms with van der Waals surface area (Å²) in [7, 11) is -3.89. The maximum Gasteiger partial charge on any atom is 0.244 e. The van der Waals surface area contributed by atoms with Crippen molar-refractivity contribution in [1.29, 1.82) is 0 Å². The normalized spacial score (nSPS) is 14.2. The number of rotatable bonds is 13. The monoisotopic (exact) mass is 717 g/mol. The van der Waals surface area contributed by atoms with Gasteiger partial charge in [-0.3, -0.25) is 13.9 Å². The van der Waals surface area contributed by atoms with E-state index in [9.17, 15) is 18.0 Å². The van der Waals surface area contributed by atoms with Crippen LogP contribution in [0, 0.1) is 0 Å². The Morgan fingerprint density at radius 2 is 1.45 bits per heavy atom. The van der Waals surface area contributed by atoms with Gasteiger partial charge in [-0.25, -0.2) is 8.42 Å². The van der Waals surface area contributed by atoms with Gasteiger partial charge in [0.1, 0.15) is 24.1 Å². The number of carbonyl (C=O) groups excluding carboxylic acids is 2. The molecule has 1 atom stereocenters. The SMILES string of the molecule is CS(=O)(=O)N(CC(=O)N(Cc1cccc(Br)c1)C(Cc1ccccc1)C(=O)NC1CCCCC1)c1ccc(Oc2ccccc2)cc1. The number of amides is 2. The molecule has 0 aliphatic heterocycles. The van der Waals surface area contributed by atoms with E-state index >= 15 is 0 Å². The molecule has 1 N–H and O–H groups in total. The summed E-state index contributed by atoms with van der Waals surface area (Å²) >= 11 is 3.52. The third-order valence-electron chi connectivity index (χ3n) is 8.25. The molecule has 2 amide bonds. The number of hydrogen-bond acceptors (Lipinski definition) is 5. The van der Waals surface area contributed by atoms with Crippen LogP contribution in [0.4, 0.5) is 5.69 Å². The first kappa shape index (κ1) is 34.2. The predicted octanol–water partition coefficient (Wildman–Crippen LogP) is 7.10. The largest absolute Gasteiger partial charge is 0.457 e. The van der Waals surface area contributed by atoms with Crippen LogP contribution in [0.15, 0.2) is 114 Å². The molecule has 10 heteroatoms. The highest BCUT2D eigenvalue weighted by atomic mass is 79.9. The number of benzene rings is 4. The van der Waals surface area contributed by atoms with Crippen LogP contribution in [0.1, 0.15) is 43.2 Å². The van der Waals surface area contributed by atoms with Gasteiger partial charge in [-0.05, 0) is 72.5 Å². The Kier molecular flexibility index (Phi) is 11.7. The van der Waals surface area contributed by atoms with Crippen molar-refractivity contribution >= 4 is 43.5 Å². The molecule has 5 rings (SSSR count). The standard InChI is InChI=1S/C37H40BrN3O5S/c1-47(44,45)41(32-20-22-34(23-21-32)46-33-18-9-4-10-19-33)27-36(42)40(26-29-14-11-15-30(38)24-29)35(25-28-12-5-2-6-13-28)37(43)39-31-16-7-3-8-17-31/h2,4-6,9-15,18-24,31,35H,3,7-8,16-17,25-27H2,1H3,(H,39,43). The van der Waals surface area contributed by atoms with E-state index in [1.807, 2.05) is 84.9 Å². The van der Waals surface area contributed by atoms with Gasteiger partial charge in [0.05, 0.1) is 11.9 Å². The summed E-state index contributed by atoms with van der Waals surface area (Å²) in [4.78, 5) is 30.0. The zero-order valence-electron chi connectivity index (χ0n) is 26.4. The lowest BCUT2D eigenvalue weighted by Crippen LogP contribution is -2.55. The summed E-state index contributed by atoms with van der Waals surface area (Å²) < 4.78 is 34.1. The molecule has 1 saturated carbocycles. The predicted molar refractivity (Wildman–Crippen MR) is 189 cm³/mol. The second-order valence-corrected chi connectivity index (χ2v) is 14.7. The molecule has 246 valence electrons. The van der Waals surface area contributed by atoms with E-state index < -0.39 is 28.5 Å². The molecule has 47 heavy (non-hydrogen) atoms. The Balaban J connectivity index is 1.46. The van der Waals surface area contributed by atoms with Crippen LogP contribution >= 0.6 is 15.9 Å². The van der Waals surface area contributed by atoms with Crippen molar-refractivity contribution in [3.05, 3.63) is 125 Å². The Morgan fingerprint density at radius 1 is 0.830 bits per heavy atom. The van der Waals surface area contributed by atoms with Gasteiger partial charge in [0.2, 0.25) is 21.8 Å². The van der Waals surface area contributed by atoms with Crippen molar-refractivity contribution in [2.75, 3.05) is 17.1 Å². The maximum absolute atomic E-state index is 14.4. The zero-order chi connectivity index (χ0) is 33.2. The Hall–Kier alpha value is -4.15. The highest BCUT2D eigenvalue weighted by Gasteiger charge is 2.34. The summed E-state index contributed by atoms with van der Waals surface area (Å²) in [5.41, 5.74) is 2.02. The average molecular weight is 719 g/mol. The van der Waals surface area contributed by atoms with E-state index in [4.69, 9.17) is 4.74 Å². The lowest BCUT2D eigenvalue weighted by Gasteiger charge is -2.35. The van der Waals surface area contributed by atoms with Gasteiger partial charge in [-0.1, -0.05) is 95.9 Å².